The molecule has 29 heavy (non-hydrogen) atoms. The van der Waals surface area contributed by atoms with Gasteiger partial charge in [0.05, 0.1) is 23.9 Å². The minimum absolute atomic E-state index is 0.230. The van der Waals surface area contributed by atoms with Crippen molar-refractivity contribution in [2.24, 2.45) is 0 Å². The molecule has 0 aliphatic heterocycles. The lowest BCUT2D eigenvalue weighted by Gasteiger charge is -2.14. The van der Waals surface area contributed by atoms with E-state index in [9.17, 15) is 9.59 Å². The molecule has 0 unspecified atom stereocenters. The summed E-state index contributed by atoms with van der Waals surface area (Å²) < 4.78 is 4.80. The average Bonchev–Trinajstić information content (AvgIpc) is 2.74. The number of ether oxygens (including phenoxy) is 1. The summed E-state index contributed by atoms with van der Waals surface area (Å²) in [7, 11) is 1.34. The highest BCUT2D eigenvalue weighted by Gasteiger charge is 2.13. The van der Waals surface area contributed by atoms with Gasteiger partial charge in [-0.15, -0.1) is 0 Å². The molecule has 0 fully saturated rings. The van der Waals surface area contributed by atoms with Crippen LogP contribution in [0.4, 0.5) is 17.2 Å². The lowest BCUT2D eigenvalue weighted by Crippen LogP contribution is -2.14. The van der Waals surface area contributed by atoms with Crippen LogP contribution in [0.5, 0.6) is 0 Å². The predicted molar refractivity (Wildman–Crippen MR) is 114 cm³/mol. The first kappa shape index (κ1) is 20.1. The van der Waals surface area contributed by atoms with Crippen molar-refractivity contribution in [1.82, 2.24) is 4.98 Å². The molecule has 0 saturated heterocycles. The number of aromatic nitrogens is 1. The van der Waals surface area contributed by atoms with Crippen LogP contribution in [-0.2, 0) is 4.74 Å². The molecular formula is C23H23N3O3. The van der Waals surface area contributed by atoms with Crippen molar-refractivity contribution in [2.75, 3.05) is 17.7 Å². The van der Waals surface area contributed by atoms with Gasteiger partial charge in [0.1, 0.15) is 5.82 Å². The molecule has 0 aliphatic carbocycles. The highest BCUT2D eigenvalue weighted by molar-refractivity contribution is 6.04. The number of methoxy groups -OCH3 is 1. The fourth-order valence-electron chi connectivity index (χ4n) is 2.93. The summed E-state index contributed by atoms with van der Waals surface area (Å²) in [6, 6.07) is 18.1. The van der Waals surface area contributed by atoms with E-state index in [1.807, 2.05) is 30.3 Å². The summed E-state index contributed by atoms with van der Waals surface area (Å²) in [5, 5.41) is 6.03. The molecule has 0 aliphatic rings. The number of anilines is 3. The molecule has 3 rings (SSSR count). The number of esters is 1. The molecule has 3 aromatic rings. The molecule has 2 aromatic carbocycles. The number of para-hydroxylation sites is 2. The van der Waals surface area contributed by atoms with E-state index in [0.29, 0.717) is 28.6 Å². The first-order chi connectivity index (χ1) is 14.0. The summed E-state index contributed by atoms with van der Waals surface area (Å²) >= 11 is 0. The summed E-state index contributed by atoms with van der Waals surface area (Å²) in [6.07, 6.45) is 1.50. The van der Waals surface area contributed by atoms with Gasteiger partial charge in [0.25, 0.3) is 5.91 Å². The highest BCUT2D eigenvalue weighted by atomic mass is 16.5. The first-order valence-corrected chi connectivity index (χ1v) is 9.30. The Morgan fingerprint density at radius 1 is 0.931 bits per heavy atom. The molecule has 2 N–H and O–H groups in total. The molecule has 1 aromatic heterocycles. The largest absolute Gasteiger partial charge is 0.465 e. The van der Waals surface area contributed by atoms with E-state index in [4.69, 9.17) is 4.74 Å². The van der Waals surface area contributed by atoms with Gasteiger partial charge in [-0.3, -0.25) is 4.79 Å². The average molecular weight is 389 g/mol. The Balaban J connectivity index is 1.74. The number of pyridine rings is 1. The molecule has 6 heteroatoms. The summed E-state index contributed by atoms with van der Waals surface area (Å²) in [5.74, 6) is 0.145. The zero-order valence-corrected chi connectivity index (χ0v) is 16.6. The van der Waals surface area contributed by atoms with E-state index in [1.54, 1.807) is 30.3 Å². The monoisotopic (exact) mass is 389 g/mol. The number of nitrogens with one attached hydrogen (secondary N) is 2. The highest BCUT2D eigenvalue weighted by Crippen LogP contribution is 2.24. The SMILES string of the molecule is COC(=O)c1ccccc1Nc1ccc(C(=O)Nc2ccccc2C(C)C)cn1. The van der Waals surface area contributed by atoms with Crippen molar-refractivity contribution in [3.8, 4) is 0 Å². The van der Waals surface area contributed by atoms with E-state index in [-0.39, 0.29) is 5.91 Å². The normalized spacial score (nSPS) is 10.5. The Hall–Kier alpha value is -3.67. The van der Waals surface area contributed by atoms with Crippen LogP contribution in [-0.4, -0.2) is 24.0 Å². The van der Waals surface area contributed by atoms with Crippen molar-refractivity contribution in [3.63, 3.8) is 0 Å². The second kappa shape index (κ2) is 9.01. The van der Waals surface area contributed by atoms with E-state index in [1.165, 1.54) is 13.3 Å². The molecule has 0 bridgehead atoms. The van der Waals surface area contributed by atoms with Gasteiger partial charge in [0.15, 0.2) is 0 Å². The Kier molecular flexibility index (Phi) is 6.24. The van der Waals surface area contributed by atoms with Crippen LogP contribution in [0.2, 0.25) is 0 Å². The standard InChI is InChI=1S/C23H23N3O3/c1-15(2)17-8-4-6-10-19(17)26-22(27)16-12-13-21(24-14-16)25-20-11-7-5-9-18(20)23(28)29-3/h4-15H,1-3H3,(H,24,25)(H,26,27). The zero-order valence-electron chi connectivity index (χ0n) is 16.6. The number of carbonyl (C=O) groups is 2. The van der Waals surface area contributed by atoms with Gasteiger partial charge in [0.2, 0.25) is 0 Å². The molecule has 0 radical (unpaired) electrons. The molecule has 6 nitrogen and oxygen atoms in total. The van der Waals surface area contributed by atoms with Crippen molar-refractivity contribution < 1.29 is 14.3 Å². The maximum absolute atomic E-state index is 12.6. The van der Waals surface area contributed by atoms with Gasteiger partial charge in [-0.25, -0.2) is 9.78 Å². The molecule has 0 spiro atoms. The molecular weight excluding hydrogens is 366 g/mol. The molecule has 1 heterocycles. The second-order valence-electron chi connectivity index (χ2n) is 6.79. The molecule has 1 amide bonds. The number of nitrogens with zero attached hydrogens (tertiary/aromatic N) is 1. The minimum Gasteiger partial charge on any atom is -0.465 e. The quantitative estimate of drug-likeness (QED) is 0.581. The smallest absolute Gasteiger partial charge is 0.339 e. The Morgan fingerprint density at radius 2 is 1.62 bits per heavy atom. The van der Waals surface area contributed by atoms with Crippen LogP contribution < -0.4 is 10.6 Å². The predicted octanol–water partition coefficient (Wildman–Crippen LogP) is 4.99. The molecule has 0 saturated carbocycles. The Morgan fingerprint density at radius 3 is 2.28 bits per heavy atom. The lowest BCUT2D eigenvalue weighted by atomic mass is 10.0. The summed E-state index contributed by atoms with van der Waals surface area (Å²) in [6.45, 7) is 4.17. The fourth-order valence-corrected chi connectivity index (χ4v) is 2.93. The zero-order chi connectivity index (χ0) is 20.8. The maximum atomic E-state index is 12.6. The third-order valence-electron chi connectivity index (χ3n) is 4.45. The number of carbonyl (C=O) groups excluding carboxylic acids is 2. The van der Waals surface area contributed by atoms with Crippen molar-refractivity contribution in [2.45, 2.75) is 19.8 Å². The summed E-state index contributed by atoms with van der Waals surface area (Å²) in [4.78, 5) is 28.8. The topological polar surface area (TPSA) is 80.3 Å². The fraction of sp³-hybridized carbons (Fsp3) is 0.174. The van der Waals surface area contributed by atoms with Crippen LogP contribution in [0.3, 0.4) is 0 Å². The van der Waals surface area contributed by atoms with E-state index in [0.717, 1.165) is 11.3 Å². The van der Waals surface area contributed by atoms with Crippen LogP contribution in [0.1, 0.15) is 46.0 Å². The van der Waals surface area contributed by atoms with E-state index < -0.39 is 5.97 Å². The van der Waals surface area contributed by atoms with Crippen LogP contribution in [0.25, 0.3) is 0 Å². The van der Waals surface area contributed by atoms with Gasteiger partial charge in [-0.1, -0.05) is 44.2 Å². The van der Waals surface area contributed by atoms with Gasteiger partial charge in [-0.05, 0) is 41.8 Å². The van der Waals surface area contributed by atoms with Crippen LogP contribution in [0.15, 0.2) is 66.9 Å². The first-order valence-electron chi connectivity index (χ1n) is 9.30. The van der Waals surface area contributed by atoms with Gasteiger partial charge in [0, 0.05) is 11.9 Å². The third kappa shape index (κ3) is 4.79. The molecule has 0 atom stereocenters. The number of hydrogen-bond donors (Lipinski definition) is 2. The Labute approximate surface area is 169 Å². The summed E-state index contributed by atoms with van der Waals surface area (Å²) in [5.41, 5.74) is 3.29. The van der Waals surface area contributed by atoms with E-state index >= 15 is 0 Å². The number of rotatable bonds is 6. The van der Waals surface area contributed by atoms with Gasteiger partial charge < -0.3 is 15.4 Å². The minimum atomic E-state index is -0.437. The second-order valence-corrected chi connectivity index (χ2v) is 6.79. The number of benzene rings is 2. The number of amides is 1. The van der Waals surface area contributed by atoms with Gasteiger partial charge >= 0.3 is 5.97 Å². The molecule has 148 valence electrons. The third-order valence-corrected chi connectivity index (χ3v) is 4.45. The van der Waals surface area contributed by atoms with Crippen LogP contribution >= 0.6 is 0 Å². The van der Waals surface area contributed by atoms with Crippen molar-refractivity contribution in [3.05, 3.63) is 83.6 Å². The van der Waals surface area contributed by atoms with E-state index in [2.05, 4.69) is 29.5 Å². The number of hydrogen-bond acceptors (Lipinski definition) is 5. The van der Waals surface area contributed by atoms with Gasteiger partial charge in [-0.2, -0.15) is 0 Å². The van der Waals surface area contributed by atoms with Crippen LogP contribution in [0, 0.1) is 0 Å². The lowest BCUT2D eigenvalue weighted by molar-refractivity contribution is 0.0601. The Bertz CT molecular complexity index is 1010. The maximum Gasteiger partial charge on any atom is 0.339 e. The van der Waals surface area contributed by atoms with Crippen molar-refractivity contribution in [1.29, 1.82) is 0 Å². The van der Waals surface area contributed by atoms with Crippen molar-refractivity contribution >= 4 is 29.1 Å².